The Morgan fingerprint density at radius 1 is 1.20 bits per heavy atom. The Morgan fingerprint density at radius 3 is 2.80 bits per heavy atom. The van der Waals surface area contributed by atoms with E-state index in [0.717, 1.165) is 32.2 Å². The number of likely N-dealkylation sites (tertiary alicyclic amines) is 1. The van der Waals surface area contributed by atoms with Gasteiger partial charge in [-0.05, 0) is 31.2 Å². The predicted octanol–water partition coefficient (Wildman–Crippen LogP) is 2.25. The first-order valence-corrected chi connectivity index (χ1v) is 9.43. The van der Waals surface area contributed by atoms with Crippen LogP contribution in [-0.2, 0) is 20.7 Å². The van der Waals surface area contributed by atoms with Crippen LogP contribution >= 0.6 is 0 Å². The summed E-state index contributed by atoms with van der Waals surface area (Å²) in [5, 5.41) is 0. The Morgan fingerprint density at radius 2 is 2.04 bits per heavy atom. The zero-order chi connectivity index (χ0) is 17.5. The second-order valence-electron chi connectivity index (χ2n) is 6.94. The number of nitrogens with zero attached hydrogens (tertiary/aromatic N) is 2. The lowest BCUT2D eigenvalue weighted by Gasteiger charge is -2.33. The first-order chi connectivity index (χ1) is 12.2. The molecule has 25 heavy (non-hydrogen) atoms. The highest BCUT2D eigenvalue weighted by atomic mass is 16.5. The van der Waals surface area contributed by atoms with Gasteiger partial charge >= 0.3 is 0 Å². The number of aryl methyl sites for hydroxylation is 1. The van der Waals surface area contributed by atoms with Gasteiger partial charge in [0.15, 0.2) is 0 Å². The molecule has 136 valence electrons. The number of hydrogen-bond acceptors (Lipinski definition) is 3. The van der Waals surface area contributed by atoms with E-state index in [-0.39, 0.29) is 17.9 Å². The summed E-state index contributed by atoms with van der Waals surface area (Å²) in [6.07, 6.45) is 5.22. The van der Waals surface area contributed by atoms with E-state index in [0.29, 0.717) is 39.1 Å². The van der Waals surface area contributed by atoms with Crippen molar-refractivity contribution < 1.29 is 14.3 Å². The van der Waals surface area contributed by atoms with Crippen LogP contribution in [-0.4, -0.2) is 60.5 Å². The molecule has 5 nitrogen and oxygen atoms in total. The number of rotatable bonds is 7. The molecule has 2 saturated heterocycles. The van der Waals surface area contributed by atoms with Crippen molar-refractivity contribution in [2.24, 2.45) is 0 Å². The zero-order valence-corrected chi connectivity index (χ0v) is 14.9. The van der Waals surface area contributed by atoms with Crippen LogP contribution in [0.3, 0.4) is 0 Å². The van der Waals surface area contributed by atoms with Gasteiger partial charge < -0.3 is 14.5 Å². The monoisotopic (exact) mass is 344 g/mol. The number of morpholine rings is 1. The largest absolute Gasteiger partial charge is 0.375 e. The summed E-state index contributed by atoms with van der Waals surface area (Å²) in [7, 11) is 0. The molecular weight excluding hydrogens is 316 g/mol. The van der Waals surface area contributed by atoms with Gasteiger partial charge in [0, 0.05) is 39.0 Å². The molecule has 1 aromatic rings. The molecule has 0 aromatic heterocycles. The molecule has 2 aliphatic rings. The summed E-state index contributed by atoms with van der Waals surface area (Å²) in [5.41, 5.74) is 1.35. The topological polar surface area (TPSA) is 49.9 Å². The molecule has 0 spiro atoms. The maximum Gasteiger partial charge on any atom is 0.224 e. The average molecular weight is 344 g/mol. The minimum atomic E-state index is 0.134. The zero-order valence-electron chi connectivity index (χ0n) is 14.9. The minimum absolute atomic E-state index is 0.134. The van der Waals surface area contributed by atoms with Gasteiger partial charge in [-0.15, -0.1) is 0 Å². The summed E-state index contributed by atoms with van der Waals surface area (Å²) in [6.45, 7) is 3.33. The van der Waals surface area contributed by atoms with Gasteiger partial charge in [-0.2, -0.15) is 0 Å². The van der Waals surface area contributed by atoms with E-state index >= 15 is 0 Å². The molecule has 1 aromatic carbocycles. The highest BCUT2D eigenvalue weighted by Gasteiger charge is 2.26. The van der Waals surface area contributed by atoms with E-state index in [1.807, 2.05) is 15.9 Å². The number of amides is 2. The maximum absolute atomic E-state index is 12.4. The van der Waals surface area contributed by atoms with Crippen molar-refractivity contribution in [2.45, 2.75) is 44.6 Å². The molecule has 3 rings (SSSR count). The average Bonchev–Trinajstić information content (AvgIpc) is 3.06. The molecule has 0 aliphatic carbocycles. The van der Waals surface area contributed by atoms with Crippen molar-refractivity contribution in [3.05, 3.63) is 35.9 Å². The Kier molecular flexibility index (Phi) is 6.45. The summed E-state index contributed by atoms with van der Waals surface area (Å²) in [6, 6.07) is 10.5. The van der Waals surface area contributed by atoms with Gasteiger partial charge in [-0.1, -0.05) is 30.3 Å². The molecule has 0 unspecified atom stereocenters. The maximum atomic E-state index is 12.4. The first-order valence-electron chi connectivity index (χ1n) is 9.43. The Hall–Kier alpha value is -1.88. The molecule has 0 radical (unpaired) electrons. The van der Waals surface area contributed by atoms with Crippen LogP contribution in [0.25, 0.3) is 0 Å². The fourth-order valence-corrected chi connectivity index (χ4v) is 3.63. The van der Waals surface area contributed by atoms with E-state index in [2.05, 4.69) is 24.3 Å². The van der Waals surface area contributed by atoms with Crippen molar-refractivity contribution in [1.29, 1.82) is 0 Å². The third-order valence-electron chi connectivity index (χ3n) is 5.09. The molecule has 0 bridgehead atoms. The molecule has 1 atom stereocenters. The fraction of sp³-hybridized carbons (Fsp3) is 0.600. The van der Waals surface area contributed by atoms with E-state index in [1.54, 1.807) is 0 Å². The molecule has 2 heterocycles. The van der Waals surface area contributed by atoms with Crippen LogP contribution in [0.1, 0.15) is 37.7 Å². The van der Waals surface area contributed by atoms with Crippen LogP contribution < -0.4 is 0 Å². The second kappa shape index (κ2) is 8.99. The second-order valence-corrected chi connectivity index (χ2v) is 6.94. The fourth-order valence-electron chi connectivity index (χ4n) is 3.63. The van der Waals surface area contributed by atoms with E-state index in [4.69, 9.17) is 4.74 Å². The van der Waals surface area contributed by atoms with Gasteiger partial charge in [0.2, 0.25) is 11.8 Å². The minimum Gasteiger partial charge on any atom is -0.375 e. The summed E-state index contributed by atoms with van der Waals surface area (Å²) < 4.78 is 5.83. The number of hydrogen-bond donors (Lipinski definition) is 0. The van der Waals surface area contributed by atoms with Crippen molar-refractivity contribution in [1.82, 2.24) is 9.80 Å². The van der Waals surface area contributed by atoms with Crippen LogP contribution in [0.4, 0.5) is 0 Å². The lowest BCUT2D eigenvalue weighted by atomic mass is 10.0. The standard InChI is InChI=1S/C20H28N2O3/c23-19-10-5-12-21(19)13-11-20(24)22-14-15-25-18(16-22)9-4-8-17-6-2-1-3-7-17/h1-3,6-7,18H,4-5,8-16H2/t18-/m1/s1. The number of carbonyl (C=O) groups is 2. The van der Waals surface area contributed by atoms with Crippen molar-refractivity contribution in [2.75, 3.05) is 32.8 Å². The van der Waals surface area contributed by atoms with Gasteiger partial charge in [-0.25, -0.2) is 0 Å². The molecule has 2 aliphatic heterocycles. The highest BCUT2D eigenvalue weighted by molar-refractivity contribution is 5.80. The van der Waals surface area contributed by atoms with E-state index in [1.165, 1.54) is 5.56 Å². The first kappa shape index (κ1) is 17.9. The molecule has 0 N–H and O–H groups in total. The number of benzene rings is 1. The van der Waals surface area contributed by atoms with Crippen LogP contribution in [0.15, 0.2) is 30.3 Å². The van der Waals surface area contributed by atoms with E-state index < -0.39 is 0 Å². The lowest BCUT2D eigenvalue weighted by molar-refractivity contribution is -0.139. The third kappa shape index (κ3) is 5.30. The van der Waals surface area contributed by atoms with Crippen molar-refractivity contribution in [3.63, 3.8) is 0 Å². The van der Waals surface area contributed by atoms with Crippen molar-refractivity contribution in [3.8, 4) is 0 Å². The van der Waals surface area contributed by atoms with Gasteiger partial charge in [0.05, 0.1) is 12.7 Å². The number of carbonyl (C=O) groups excluding carboxylic acids is 2. The molecule has 2 fully saturated rings. The third-order valence-corrected chi connectivity index (χ3v) is 5.09. The molecule has 5 heteroatoms. The van der Waals surface area contributed by atoms with Crippen molar-refractivity contribution >= 4 is 11.8 Å². The lowest BCUT2D eigenvalue weighted by Crippen LogP contribution is -2.46. The molecule has 0 saturated carbocycles. The van der Waals surface area contributed by atoms with Gasteiger partial charge in [0.25, 0.3) is 0 Å². The normalized spacial score (nSPS) is 21.0. The van der Waals surface area contributed by atoms with E-state index in [9.17, 15) is 9.59 Å². The van der Waals surface area contributed by atoms with Crippen LogP contribution in [0.5, 0.6) is 0 Å². The highest BCUT2D eigenvalue weighted by Crippen LogP contribution is 2.15. The van der Waals surface area contributed by atoms with Gasteiger partial charge in [-0.3, -0.25) is 9.59 Å². The smallest absolute Gasteiger partial charge is 0.224 e. The molecular formula is C20H28N2O3. The molecule has 2 amide bonds. The predicted molar refractivity (Wildman–Crippen MR) is 96.1 cm³/mol. The Bertz CT molecular complexity index is 576. The van der Waals surface area contributed by atoms with Gasteiger partial charge in [0.1, 0.15) is 0 Å². The SMILES string of the molecule is O=C1CCCN1CCC(=O)N1CCO[C@H](CCCc2ccccc2)C1. The quantitative estimate of drug-likeness (QED) is 0.762. The summed E-state index contributed by atoms with van der Waals surface area (Å²) >= 11 is 0. The number of ether oxygens (including phenoxy) is 1. The Labute approximate surface area is 149 Å². The van der Waals surface area contributed by atoms with Crippen LogP contribution in [0, 0.1) is 0 Å². The summed E-state index contributed by atoms with van der Waals surface area (Å²) in [5.74, 6) is 0.338. The summed E-state index contributed by atoms with van der Waals surface area (Å²) in [4.78, 5) is 27.8. The Balaban J connectivity index is 1.38. The van der Waals surface area contributed by atoms with Crippen LogP contribution in [0.2, 0.25) is 0 Å².